The van der Waals surface area contributed by atoms with Gasteiger partial charge in [0.1, 0.15) is 18.1 Å². The number of carboxylic acid groups (broad SMARTS) is 3. The molecule has 0 aromatic heterocycles. The predicted molar refractivity (Wildman–Crippen MR) is 129 cm³/mol. The Bertz CT molecular complexity index is 921. The van der Waals surface area contributed by atoms with Crippen LogP contribution in [-0.2, 0) is 33.6 Å². The summed E-state index contributed by atoms with van der Waals surface area (Å²) >= 11 is 0. The van der Waals surface area contributed by atoms with E-state index in [0.29, 0.717) is 0 Å². The quantitative estimate of drug-likeness (QED) is 0.0415. The van der Waals surface area contributed by atoms with Gasteiger partial charge in [-0.05, 0) is 25.7 Å². The molecule has 0 saturated carbocycles. The Balaban J connectivity index is 5.71. The molecule has 4 unspecified atom stereocenters. The molecule has 38 heavy (non-hydrogen) atoms. The lowest BCUT2D eigenvalue weighted by molar-refractivity contribution is -0.144. The fourth-order valence-corrected chi connectivity index (χ4v) is 2.94. The zero-order valence-corrected chi connectivity index (χ0v) is 20.4. The van der Waals surface area contributed by atoms with Crippen molar-refractivity contribution in [3.63, 3.8) is 0 Å². The van der Waals surface area contributed by atoms with Gasteiger partial charge in [0.25, 0.3) is 0 Å². The van der Waals surface area contributed by atoms with E-state index in [0.717, 1.165) is 0 Å². The Morgan fingerprint density at radius 3 is 1.63 bits per heavy atom. The molecule has 0 aliphatic rings. The maximum Gasteiger partial charge on any atom is 0.326 e. The molecule has 4 amide bonds. The molecule has 0 bridgehead atoms. The van der Waals surface area contributed by atoms with Crippen LogP contribution in [0.1, 0.15) is 44.9 Å². The second-order valence-corrected chi connectivity index (χ2v) is 8.11. The number of carboxylic acids is 3. The van der Waals surface area contributed by atoms with Crippen LogP contribution in [0.2, 0.25) is 0 Å². The topological polar surface area (TPSA) is 333 Å². The number of aliphatic carboxylic acids is 3. The molecule has 0 heterocycles. The normalized spacial score (nSPS) is 13.6. The molecule has 4 atom stereocenters. The largest absolute Gasteiger partial charge is 0.481 e. The van der Waals surface area contributed by atoms with E-state index in [9.17, 15) is 38.7 Å². The number of nitrogens with one attached hydrogen (secondary N) is 3. The van der Waals surface area contributed by atoms with Crippen molar-refractivity contribution >= 4 is 47.5 Å². The summed E-state index contributed by atoms with van der Waals surface area (Å²) in [6.07, 6.45) is -2.40. The summed E-state index contributed by atoms with van der Waals surface area (Å²) in [5, 5.41) is 33.6. The smallest absolute Gasteiger partial charge is 0.326 e. The molecule has 0 aromatic carbocycles. The SMILES string of the molecule is NC(=O)CC(NC(=O)C(CCC(=O)O)NC(=O)C(CCCN=C(N)N)NC(=O)C(N)CCC(=O)O)C(=O)O. The Morgan fingerprint density at radius 1 is 0.684 bits per heavy atom. The third kappa shape index (κ3) is 14.8. The maximum atomic E-state index is 13.0. The fourth-order valence-electron chi connectivity index (χ4n) is 2.94. The minimum Gasteiger partial charge on any atom is -0.481 e. The van der Waals surface area contributed by atoms with Gasteiger partial charge in [0.15, 0.2) is 5.96 Å². The number of nitrogens with two attached hydrogens (primary N) is 4. The second kappa shape index (κ2) is 17.1. The van der Waals surface area contributed by atoms with Gasteiger partial charge < -0.3 is 54.2 Å². The van der Waals surface area contributed by atoms with Crippen molar-refractivity contribution in [3.05, 3.63) is 0 Å². The van der Waals surface area contributed by atoms with Gasteiger partial charge in [-0.25, -0.2) is 4.79 Å². The number of primary amides is 1. The highest BCUT2D eigenvalue weighted by molar-refractivity contribution is 5.95. The number of amides is 4. The van der Waals surface area contributed by atoms with Crippen molar-refractivity contribution in [3.8, 4) is 0 Å². The molecular formula is C20H34N8O10. The van der Waals surface area contributed by atoms with E-state index >= 15 is 0 Å². The predicted octanol–water partition coefficient (Wildman–Crippen LogP) is -4.49. The molecule has 0 aliphatic carbocycles. The number of hydrogen-bond donors (Lipinski definition) is 10. The fraction of sp³-hybridized carbons (Fsp3) is 0.600. The van der Waals surface area contributed by atoms with E-state index in [4.69, 9.17) is 33.1 Å². The lowest BCUT2D eigenvalue weighted by atomic mass is 10.1. The van der Waals surface area contributed by atoms with Crippen molar-refractivity contribution in [1.29, 1.82) is 0 Å². The van der Waals surface area contributed by atoms with Gasteiger partial charge in [-0.1, -0.05) is 0 Å². The number of aliphatic imine (C=N–C) groups is 1. The van der Waals surface area contributed by atoms with Crippen molar-refractivity contribution in [2.24, 2.45) is 27.9 Å². The average molecular weight is 547 g/mol. The van der Waals surface area contributed by atoms with Crippen LogP contribution in [0.15, 0.2) is 4.99 Å². The summed E-state index contributed by atoms with van der Waals surface area (Å²) in [6.45, 7) is 0.0589. The minimum atomic E-state index is -1.74. The van der Waals surface area contributed by atoms with Crippen molar-refractivity contribution in [1.82, 2.24) is 16.0 Å². The molecule has 214 valence electrons. The Kier molecular flexibility index (Phi) is 15.0. The van der Waals surface area contributed by atoms with Crippen LogP contribution in [-0.4, -0.2) is 93.5 Å². The summed E-state index contributed by atoms with van der Waals surface area (Å²) in [5.41, 5.74) is 21.1. The van der Waals surface area contributed by atoms with Crippen LogP contribution in [0.5, 0.6) is 0 Å². The van der Waals surface area contributed by atoms with Crippen LogP contribution < -0.4 is 38.9 Å². The summed E-state index contributed by atoms with van der Waals surface area (Å²) in [4.78, 5) is 86.1. The molecule has 0 aliphatic heterocycles. The van der Waals surface area contributed by atoms with E-state index in [1.54, 1.807) is 0 Å². The Labute approximate surface area is 216 Å². The summed E-state index contributed by atoms with van der Waals surface area (Å²) in [6, 6.07) is -5.94. The van der Waals surface area contributed by atoms with Gasteiger partial charge in [0.2, 0.25) is 23.6 Å². The number of carbonyl (C=O) groups is 7. The highest BCUT2D eigenvalue weighted by Gasteiger charge is 2.31. The molecule has 18 nitrogen and oxygen atoms in total. The first kappa shape index (κ1) is 33.5. The third-order valence-electron chi connectivity index (χ3n) is 4.88. The van der Waals surface area contributed by atoms with Gasteiger partial charge in [0.05, 0.1) is 12.5 Å². The van der Waals surface area contributed by atoms with Crippen molar-refractivity contribution in [2.75, 3.05) is 6.54 Å². The molecule has 0 fully saturated rings. The number of hydrogen-bond acceptors (Lipinski definition) is 9. The molecule has 14 N–H and O–H groups in total. The first-order chi connectivity index (χ1) is 17.6. The van der Waals surface area contributed by atoms with Crippen molar-refractivity contribution in [2.45, 2.75) is 69.1 Å². The molecule has 0 aromatic rings. The summed E-state index contributed by atoms with van der Waals surface area (Å²) < 4.78 is 0. The third-order valence-corrected chi connectivity index (χ3v) is 4.88. The van der Waals surface area contributed by atoms with E-state index in [2.05, 4.69) is 15.6 Å². The van der Waals surface area contributed by atoms with E-state index in [1.807, 2.05) is 5.32 Å². The highest BCUT2D eigenvalue weighted by Crippen LogP contribution is 2.06. The zero-order chi connectivity index (χ0) is 29.4. The first-order valence-electron chi connectivity index (χ1n) is 11.3. The van der Waals surface area contributed by atoms with Crippen molar-refractivity contribution < 1.29 is 48.9 Å². The van der Waals surface area contributed by atoms with Gasteiger partial charge in [-0.15, -0.1) is 0 Å². The van der Waals surface area contributed by atoms with Crippen LogP contribution in [0, 0.1) is 0 Å². The molecule has 0 radical (unpaired) electrons. The van der Waals surface area contributed by atoms with Crippen LogP contribution >= 0.6 is 0 Å². The summed E-state index contributed by atoms with van der Waals surface area (Å²) in [7, 11) is 0. The average Bonchev–Trinajstić information content (AvgIpc) is 2.80. The number of guanidine groups is 1. The Morgan fingerprint density at radius 2 is 1.16 bits per heavy atom. The minimum absolute atomic E-state index is 0.0589. The maximum absolute atomic E-state index is 13.0. The number of rotatable bonds is 19. The van der Waals surface area contributed by atoms with E-state index in [-0.39, 0.29) is 31.8 Å². The van der Waals surface area contributed by atoms with Gasteiger partial charge >= 0.3 is 17.9 Å². The molecule has 0 spiro atoms. The molecule has 18 heteroatoms. The van der Waals surface area contributed by atoms with Gasteiger partial charge in [-0.2, -0.15) is 0 Å². The number of nitrogens with zero attached hydrogens (tertiary/aromatic N) is 1. The van der Waals surface area contributed by atoms with Gasteiger partial charge in [-0.3, -0.25) is 33.8 Å². The van der Waals surface area contributed by atoms with E-state index in [1.165, 1.54) is 0 Å². The first-order valence-corrected chi connectivity index (χ1v) is 11.3. The van der Waals surface area contributed by atoms with E-state index < -0.39 is 91.4 Å². The molecular weight excluding hydrogens is 512 g/mol. The van der Waals surface area contributed by atoms with Crippen LogP contribution in [0.25, 0.3) is 0 Å². The number of carbonyl (C=O) groups excluding carboxylic acids is 4. The zero-order valence-electron chi connectivity index (χ0n) is 20.4. The lowest BCUT2D eigenvalue weighted by Crippen LogP contribution is -2.57. The highest BCUT2D eigenvalue weighted by atomic mass is 16.4. The standard InChI is InChI=1S/C20H34N8O10/c21-9(3-5-14(30)31)16(34)26-10(2-1-7-25-20(23)24)17(35)27-11(4-6-15(32)33)18(36)28-12(19(37)38)8-13(22)29/h9-12H,1-8,21H2,(H2,22,29)(H,26,34)(H,27,35)(H,28,36)(H,30,31)(H,32,33)(H,37,38)(H4,23,24,25). The lowest BCUT2D eigenvalue weighted by Gasteiger charge is -2.25. The van der Waals surface area contributed by atoms with Crippen LogP contribution in [0.4, 0.5) is 0 Å². The van der Waals surface area contributed by atoms with Gasteiger partial charge in [0, 0.05) is 19.4 Å². The monoisotopic (exact) mass is 546 g/mol. The second-order valence-electron chi connectivity index (χ2n) is 8.11. The van der Waals surface area contributed by atoms with Crippen LogP contribution in [0.3, 0.4) is 0 Å². The Hall–Kier alpha value is -4.48. The molecule has 0 rings (SSSR count). The summed E-state index contributed by atoms with van der Waals surface area (Å²) in [5.74, 6) is -8.31. The molecule has 0 saturated heterocycles.